The quantitative estimate of drug-likeness (QED) is 0.849. The Hall–Kier alpha value is -0.390. The molecular weight excluding hydrogens is 254 g/mol. The topological polar surface area (TPSA) is 37.4 Å². The number of hydrogen-bond acceptors (Lipinski definition) is 3. The second kappa shape index (κ2) is 5.08. The number of thiophene rings is 1. The zero-order valence-corrected chi connectivity index (χ0v) is 11.9. The van der Waals surface area contributed by atoms with Crippen LogP contribution in [0.1, 0.15) is 37.5 Å². The predicted octanol–water partition coefficient (Wildman–Crippen LogP) is 2.67. The van der Waals surface area contributed by atoms with Crippen LogP contribution in [0.25, 0.3) is 0 Å². The summed E-state index contributed by atoms with van der Waals surface area (Å²) in [6.45, 7) is 4.84. The first kappa shape index (κ1) is 13.1. The van der Waals surface area contributed by atoms with Crippen molar-refractivity contribution in [2.75, 3.05) is 13.1 Å². The van der Waals surface area contributed by atoms with Gasteiger partial charge in [-0.1, -0.05) is 6.07 Å². The third-order valence-electron chi connectivity index (χ3n) is 3.36. The van der Waals surface area contributed by atoms with Crippen molar-refractivity contribution in [3.8, 4) is 0 Å². The van der Waals surface area contributed by atoms with E-state index in [0.717, 1.165) is 12.8 Å². The van der Waals surface area contributed by atoms with Gasteiger partial charge in [-0.05, 0) is 44.1 Å². The second-order valence-corrected chi connectivity index (χ2v) is 8.25. The highest BCUT2D eigenvalue weighted by atomic mass is 32.2. The maximum Gasteiger partial charge on any atom is 0.216 e. The minimum atomic E-state index is -3.06. The summed E-state index contributed by atoms with van der Waals surface area (Å²) in [6.07, 6.45) is 1.90. The van der Waals surface area contributed by atoms with Crippen LogP contribution >= 0.6 is 11.3 Å². The van der Waals surface area contributed by atoms with Gasteiger partial charge in [0.05, 0.1) is 5.25 Å². The van der Waals surface area contributed by atoms with E-state index < -0.39 is 10.0 Å². The van der Waals surface area contributed by atoms with E-state index >= 15 is 0 Å². The van der Waals surface area contributed by atoms with Crippen LogP contribution in [0.3, 0.4) is 0 Å². The van der Waals surface area contributed by atoms with Gasteiger partial charge in [-0.15, -0.1) is 11.3 Å². The minimum absolute atomic E-state index is 0.305. The summed E-state index contributed by atoms with van der Waals surface area (Å²) in [5.41, 5.74) is 0. The zero-order chi connectivity index (χ0) is 12.5. The number of nitrogens with zero attached hydrogens (tertiary/aromatic N) is 1. The Morgan fingerprint density at radius 2 is 2.00 bits per heavy atom. The molecular formula is C12H19NO2S2. The van der Waals surface area contributed by atoms with Crippen molar-refractivity contribution in [1.29, 1.82) is 0 Å². The molecule has 2 rings (SSSR count). The smallest absolute Gasteiger partial charge is 0.212 e. The molecule has 0 bridgehead atoms. The summed E-state index contributed by atoms with van der Waals surface area (Å²) in [7, 11) is -3.06. The van der Waals surface area contributed by atoms with Crippen molar-refractivity contribution >= 4 is 21.4 Å². The highest BCUT2D eigenvalue weighted by Gasteiger charge is 2.30. The lowest BCUT2D eigenvalue weighted by molar-refractivity contribution is 0.319. The summed E-state index contributed by atoms with van der Waals surface area (Å²) in [6, 6.07) is 4.22. The first-order valence-electron chi connectivity index (χ1n) is 6.04. The number of sulfonamides is 1. The molecule has 96 valence electrons. The molecule has 1 fully saturated rings. The van der Waals surface area contributed by atoms with E-state index in [4.69, 9.17) is 0 Å². The standard InChI is InChI=1S/C12H19NO2S2/c1-10(2)17(14,15)13-7-5-11(6-8-13)12-4-3-9-16-12/h3-4,9-11H,5-8H2,1-2H3. The van der Waals surface area contributed by atoms with Gasteiger partial charge in [0.1, 0.15) is 0 Å². The molecule has 0 spiro atoms. The molecule has 17 heavy (non-hydrogen) atoms. The SMILES string of the molecule is CC(C)S(=O)(=O)N1CCC(c2cccs2)CC1. The molecule has 0 unspecified atom stereocenters. The van der Waals surface area contributed by atoms with E-state index in [1.54, 1.807) is 29.5 Å². The molecule has 1 aliphatic heterocycles. The van der Waals surface area contributed by atoms with Gasteiger partial charge < -0.3 is 0 Å². The maximum absolute atomic E-state index is 12.0. The van der Waals surface area contributed by atoms with Crippen LogP contribution in [0.15, 0.2) is 17.5 Å². The molecule has 5 heteroatoms. The van der Waals surface area contributed by atoms with Gasteiger partial charge in [-0.3, -0.25) is 0 Å². The Balaban J connectivity index is 1.99. The van der Waals surface area contributed by atoms with Crippen LogP contribution in [-0.4, -0.2) is 31.1 Å². The molecule has 0 radical (unpaired) electrons. The summed E-state index contributed by atoms with van der Waals surface area (Å²) >= 11 is 1.78. The number of rotatable bonds is 3. The lowest BCUT2D eigenvalue weighted by Gasteiger charge is -2.31. The van der Waals surface area contributed by atoms with Crippen molar-refractivity contribution in [1.82, 2.24) is 4.31 Å². The Labute approximate surface area is 108 Å². The molecule has 1 aliphatic rings. The van der Waals surface area contributed by atoms with Crippen LogP contribution < -0.4 is 0 Å². The molecule has 0 N–H and O–H groups in total. The van der Waals surface area contributed by atoms with Gasteiger partial charge in [0, 0.05) is 18.0 Å². The average Bonchev–Trinajstić information content (AvgIpc) is 2.82. The number of piperidine rings is 1. The van der Waals surface area contributed by atoms with E-state index in [1.165, 1.54) is 4.88 Å². The highest BCUT2D eigenvalue weighted by molar-refractivity contribution is 7.89. The van der Waals surface area contributed by atoms with E-state index in [9.17, 15) is 8.42 Å². The van der Waals surface area contributed by atoms with Gasteiger partial charge in [-0.2, -0.15) is 0 Å². The molecule has 0 aliphatic carbocycles. The minimum Gasteiger partial charge on any atom is -0.212 e. The van der Waals surface area contributed by atoms with E-state index in [2.05, 4.69) is 17.5 Å². The second-order valence-electron chi connectivity index (χ2n) is 4.78. The van der Waals surface area contributed by atoms with E-state index in [-0.39, 0.29) is 5.25 Å². The van der Waals surface area contributed by atoms with Crippen molar-refractivity contribution in [3.05, 3.63) is 22.4 Å². The van der Waals surface area contributed by atoms with Crippen LogP contribution in [0.4, 0.5) is 0 Å². The van der Waals surface area contributed by atoms with Gasteiger partial charge >= 0.3 is 0 Å². The first-order chi connectivity index (χ1) is 8.01. The Bertz CT molecular complexity index is 443. The van der Waals surface area contributed by atoms with Crippen molar-refractivity contribution in [2.24, 2.45) is 0 Å². The molecule has 0 aromatic carbocycles. The summed E-state index contributed by atoms with van der Waals surface area (Å²) in [4.78, 5) is 1.39. The molecule has 3 nitrogen and oxygen atoms in total. The Morgan fingerprint density at radius 3 is 2.47 bits per heavy atom. The average molecular weight is 273 g/mol. The number of hydrogen-bond donors (Lipinski definition) is 0. The van der Waals surface area contributed by atoms with Crippen LogP contribution in [0.2, 0.25) is 0 Å². The van der Waals surface area contributed by atoms with Gasteiger partial charge in [0.15, 0.2) is 0 Å². The third kappa shape index (κ3) is 2.72. The molecule has 0 amide bonds. The summed E-state index contributed by atoms with van der Waals surface area (Å²) in [5.74, 6) is 0.550. The summed E-state index contributed by atoms with van der Waals surface area (Å²) < 4.78 is 25.7. The molecule has 1 aromatic rings. The van der Waals surface area contributed by atoms with Gasteiger partial charge in [-0.25, -0.2) is 12.7 Å². The maximum atomic E-state index is 12.0. The van der Waals surface area contributed by atoms with Crippen molar-refractivity contribution in [2.45, 2.75) is 37.9 Å². The molecule has 0 saturated carbocycles. The van der Waals surface area contributed by atoms with Gasteiger partial charge in [0.2, 0.25) is 10.0 Å². The van der Waals surface area contributed by atoms with Gasteiger partial charge in [0.25, 0.3) is 0 Å². The summed E-state index contributed by atoms with van der Waals surface area (Å²) in [5, 5.41) is 1.79. The Kier molecular flexibility index (Phi) is 3.90. The molecule has 0 atom stereocenters. The van der Waals surface area contributed by atoms with E-state index in [0.29, 0.717) is 19.0 Å². The normalized spacial score (nSPS) is 19.9. The molecule has 1 saturated heterocycles. The lowest BCUT2D eigenvalue weighted by atomic mass is 9.97. The zero-order valence-electron chi connectivity index (χ0n) is 10.3. The monoisotopic (exact) mass is 273 g/mol. The molecule has 1 aromatic heterocycles. The first-order valence-corrected chi connectivity index (χ1v) is 8.42. The highest BCUT2D eigenvalue weighted by Crippen LogP contribution is 2.32. The van der Waals surface area contributed by atoms with Crippen molar-refractivity contribution < 1.29 is 8.42 Å². The lowest BCUT2D eigenvalue weighted by Crippen LogP contribution is -2.41. The van der Waals surface area contributed by atoms with Crippen LogP contribution in [0.5, 0.6) is 0 Å². The fraction of sp³-hybridized carbons (Fsp3) is 0.667. The third-order valence-corrected chi connectivity index (χ3v) is 6.67. The largest absolute Gasteiger partial charge is 0.216 e. The Morgan fingerprint density at radius 1 is 1.35 bits per heavy atom. The predicted molar refractivity (Wildman–Crippen MR) is 71.9 cm³/mol. The molecule has 2 heterocycles. The van der Waals surface area contributed by atoms with Crippen LogP contribution in [-0.2, 0) is 10.0 Å². The van der Waals surface area contributed by atoms with Crippen LogP contribution in [0, 0.1) is 0 Å². The fourth-order valence-corrected chi connectivity index (χ4v) is 4.43. The van der Waals surface area contributed by atoms with E-state index in [1.807, 2.05) is 0 Å². The fourth-order valence-electron chi connectivity index (χ4n) is 2.22. The van der Waals surface area contributed by atoms with Crippen molar-refractivity contribution in [3.63, 3.8) is 0 Å².